The number of nitriles is 1. The van der Waals surface area contributed by atoms with E-state index in [1.807, 2.05) is 30.3 Å². The summed E-state index contributed by atoms with van der Waals surface area (Å²) in [7, 11) is 0. The van der Waals surface area contributed by atoms with Crippen molar-refractivity contribution >= 4 is 57.2 Å². The van der Waals surface area contributed by atoms with Gasteiger partial charge in [0.25, 0.3) is 5.91 Å². The van der Waals surface area contributed by atoms with Crippen LogP contribution in [0.1, 0.15) is 0 Å². The molecule has 7 heteroatoms. The Morgan fingerprint density at radius 1 is 1.22 bits per heavy atom. The number of hydrogen-bond donors (Lipinski definition) is 3. The molecule has 1 amide bonds. The predicted molar refractivity (Wildman–Crippen MR) is 101 cm³/mol. The lowest BCUT2D eigenvalue weighted by molar-refractivity contribution is -0.112. The Labute approximate surface area is 152 Å². The topological polar surface area (TPSA) is 90.9 Å². The molecular weight excluding hydrogens is 427 g/mol. The number of hydrogen-bond acceptors (Lipinski definition) is 4. The number of benzene rings is 2. The van der Waals surface area contributed by atoms with E-state index in [0.29, 0.717) is 16.4 Å². The first-order chi connectivity index (χ1) is 11.0. The highest BCUT2D eigenvalue weighted by Crippen LogP contribution is 2.22. The molecule has 4 N–H and O–H groups in total. The molecular formula is C16H12ClIN4O. The van der Waals surface area contributed by atoms with Gasteiger partial charge in [-0.15, -0.1) is 0 Å². The van der Waals surface area contributed by atoms with Crippen molar-refractivity contribution in [2.45, 2.75) is 0 Å². The Morgan fingerprint density at radius 3 is 2.48 bits per heavy atom. The molecule has 0 bridgehead atoms. The summed E-state index contributed by atoms with van der Waals surface area (Å²) in [6.45, 7) is 0. The van der Waals surface area contributed by atoms with Crippen LogP contribution in [-0.2, 0) is 4.79 Å². The molecule has 0 saturated carbocycles. The number of nitrogens with zero attached hydrogens (tertiary/aromatic N) is 1. The van der Waals surface area contributed by atoms with E-state index in [9.17, 15) is 4.79 Å². The van der Waals surface area contributed by atoms with Gasteiger partial charge in [-0.25, -0.2) is 0 Å². The van der Waals surface area contributed by atoms with Crippen molar-refractivity contribution in [2.75, 3.05) is 16.4 Å². The van der Waals surface area contributed by atoms with Crippen molar-refractivity contribution in [3.8, 4) is 6.07 Å². The molecule has 0 unspecified atom stereocenters. The maximum absolute atomic E-state index is 12.1. The molecule has 2 aromatic rings. The third kappa shape index (κ3) is 4.87. The molecule has 0 saturated heterocycles. The lowest BCUT2D eigenvalue weighted by Gasteiger charge is -2.07. The SMILES string of the molecule is N#C/C(=C/Nc1ccc(I)cc1)C(=O)Nc1ccc(N)c(Cl)c1. The van der Waals surface area contributed by atoms with E-state index in [4.69, 9.17) is 22.6 Å². The minimum atomic E-state index is -0.536. The third-order valence-corrected chi connectivity index (χ3v) is 3.90. The molecule has 0 aliphatic carbocycles. The van der Waals surface area contributed by atoms with Gasteiger partial charge < -0.3 is 16.4 Å². The van der Waals surface area contributed by atoms with Crippen LogP contribution in [0.4, 0.5) is 17.1 Å². The Balaban J connectivity index is 2.08. The molecule has 2 aromatic carbocycles. The van der Waals surface area contributed by atoms with Crippen LogP contribution in [0.2, 0.25) is 5.02 Å². The van der Waals surface area contributed by atoms with Gasteiger partial charge in [-0.05, 0) is 65.1 Å². The molecule has 0 aliphatic heterocycles. The molecule has 5 nitrogen and oxygen atoms in total. The Morgan fingerprint density at radius 2 is 1.87 bits per heavy atom. The number of nitrogen functional groups attached to an aromatic ring is 1. The average Bonchev–Trinajstić information content (AvgIpc) is 2.53. The number of rotatable bonds is 4. The number of anilines is 3. The normalized spacial score (nSPS) is 10.7. The lowest BCUT2D eigenvalue weighted by atomic mass is 10.2. The second-order valence-corrected chi connectivity index (χ2v) is 6.16. The molecule has 0 atom stereocenters. The summed E-state index contributed by atoms with van der Waals surface area (Å²) in [5.41, 5.74) is 7.21. The van der Waals surface area contributed by atoms with Crippen molar-refractivity contribution in [1.29, 1.82) is 5.26 Å². The monoisotopic (exact) mass is 438 g/mol. The standard InChI is InChI=1S/C16H12ClIN4O/c17-14-7-13(5-6-15(14)20)22-16(23)10(8-19)9-21-12-3-1-11(18)2-4-12/h1-7,9,21H,20H2,(H,22,23)/b10-9-. The maximum atomic E-state index is 12.1. The number of nitrogens with one attached hydrogen (secondary N) is 2. The first-order valence-electron chi connectivity index (χ1n) is 6.48. The van der Waals surface area contributed by atoms with E-state index in [-0.39, 0.29) is 5.57 Å². The summed E-state index contributed by atoms with van der Waals surface area (Å²) in [5.74, 6) is -0.536. The summed E-state index contributed by atoms with van der Waals surface area (Å²) in [5, 5.41) is 15.0. The molecule has 0 aliphatic rings. The highest BCUT2D eigenvalue weighted by Gasteiger charge is 2.10. The zero-order valence-electron chi connectivity index (χ0n) is 11.8. The summed E-state index contributed by atoms with van der Waals surface area (Å²) >= 11 is 8.09. The van der Waals surface area contributed by atoms with Crippen molar-refractivity contribution in [1.82, 2.24) is 0 Å². The van der Waals surface area contributed by atoms with Gasteiger partial charge in [-0.1, -0.05) is 11.6 Å². The van der Waals surface area contributed by atoms with E-state index in [1.54, 1.807) is 12.1 Å². The van der Waals surface area contributed by atoms with Crippen LogP contribution < -0.4 is 16.4 Å². The van der Waals surface area contributed by atoms with E-state index < -0.39 is 5.91 Å². The fourth-order valence-electron chi connectivity index (χ4n) is 1.65. The van der Waals surface area contributed by atoms with Crippen LogP contribution in [0.15, 0.2) is 54.2 Å². The number of carbonyl (C=O) groups excluding carboxylic acids is 1. The van der Waals surface area contributed by atoms with Gasteiger partial charge in [0.05, 0.1) is 10.7 Å². The predicted octanol–water partition coefficient (Wildman–Crippen LogP) is 3.98. The summed E-state index contributed by atoms with van der Waals surface area (Å²) in [6.07, 6.45) is 1.36. The van der Waals surface area contributed by atoms with Crippen LogP contribution >= 0.6 is 34.2 Å². The number of carbonyl (C=O) groups is 1. The fraction of sp³-hybridized carbons (Fsp3) is 0. The van der Waals surface area contributed by atoms with Crippen molar-refractivity contribution in [3.05, 3.63) is 62.8 Å². The summed E-state index contributed by atoms with van der Waals surface area (Å²) < 4.78 is 1.09. The summed E-state index contributed by atoms with van der Waals surface area (Å²) in [4.78, 5) is 12.1. The third-order valence-electron chi connectivity index (χ3n) is 2.85. The second-order valence-electron chi connectivity index (χ2n) is 4.51. The van der Waals surface area contributed by atoms with Crippen molar-refractivity contribution in [3.63, 3.8) is 0 Å². The molecule has 0 aromatic heterocycles. The van der Waals surface area contributed by atoms with Crippen LogP contribution in [0, 0.1) is 14.9 Å². The molecule has 2 rings (SSSR count). The number of nitrogens with two attached hydrogens (primary N) is 1. The molecule has 0 heterocycles. The molecule has 23 heavy (non-hydrogen) atoms. The van der Waals surface area contributed by atoms with E-state index >= 15 is 0 Å². The quantitative estimate of drug-likeness (QED) is 0.291. The Kier molecular flexibility index (Phi) is 5.84. The maximum Gasteiger partial charge on any atom is 0.267 e. The van der Waals surface area contributed by atoms with Gasteiger partial charge in [0, 0.05) is 21.1 Å². The first-order valence-corrected chi connectivity index (χ1v) is 7.94. The molecule has 0 spiro atoms. The van der Waals surface area contributed by atoms with Crippen molar-refractivity contribution in [2.24, 2.45) is 0 Å². The van der Waals surface area contributed by atoms with E-state index in [1.165, 1.54) is 12.3 Å². The highest BCUT2D eigenvalue weighted by molar-refractivity contribution is 14.1. The van der Waals surface area contributed by atoms with Crippen LogP contribution in [0.25, 0.3) is 0 Å². The van der Waals surface area contributed by atoms with Gasteiger partial charge in [0.2, 0.25) is 0 Å². The zero-order chi connectivity index (χ0) is 16.8. The molecule has 0 radical (unpaired) electrons. The summed E-state index contributed by atoms with van der Waals surface area (Å²) in [6, 6.07) is 14.1. The molecule has 0 fully saturated rings. The van der Waals surface area contributed by atoms with Crippen LogP contribution in [-0.4, -0.2) is 5.91 Å². The highest BCUT2D eigenvalue weighted by atomic mass is 127. The number of amides is 1. The van der Waals surface area contributed by atoms with Gasteiger partial charge in [0.1, 0.15) is 11.6 Å². The van der Waals surface area contributed by atoms with Gasteiger partial charge in [-0.2, -0.15) is 5.26 Å². The van der Waals surface area contributed by atoms with E-state index in [2.05, 4.69) is 33.2 Å². The minimum absolute atomic E-state index is 0.0588. The zero-order valence-corrected chi connectivity index (χ0v) is 14.7. The van der Waals surface area contributed by atoms with Crippen LogP contribution in [0.3, 0.4) is 0 Å². The van der Waals surface area contributed by atoms with Gasteiger partial charge >= 0.3 is 0 Å². The Bertz CT molecular complexity index is 797. The smallest absolute Gasteiger partial charge is 0.267 e. The molecule has 116 valence electrons. The largest absolute Gasteiger partial charge is 0.398 e. The number of halogens is 2. The second kappa shape index (κ2) is 7.85. The lowest BCUT2D eigenvalue weighted by Crippen LogP contribution is -2.14. The average molecular weight is 439 g/mol. The van der Waals surface area contributed by atoms with Gasteiger partial charge in [0.15, 0.2) is 0 Å². The van der Waals surface area contributed by atoms with E-state index in [0.717, 1.165) is 9.26 Å². The fourth-order valence-corrected chi connectivity index (χ4v) is 2.19. The van der Waals surface area contributed by atoms with Crippen LogP contribution in [0.5, 0.6) is 0 Å². The van der Waals surface area contributed by atoms with Crippen molar-refractivity contribution < 1.29 is 4.79 Å². The first kappa shape index (κ1) is 17.1. The van der Waals surface area contributed by atoms with Gasteiger partial charge in [-0.3, -0.25) is 4.79 Å². The Hall–Kier alpha value is -2.24. The minimum Gasteiger partial charge on any atom is -0.398 e.